The van der Waals surface area contributed by atoms with Gasteiger partial charge in [-0.2, -0.15) is 4.99 Å². The van der Waals surface area contributed by atoms with E-state index in [0.29, 0.717) is 23.7 Å². The van der Waals surface area contributed by atoms with E-state index in [0.717, 1.165) is 0 Å². The second-order valence-electron chi connectivity index (χ2n) is 3.64. The molecular weight excluding hydrogens is 244 g/mol. The minimum Gasteiger partial charge on any atom is -0.506 e. The van der Waals surface area contributed by atoms with Gasteiger partial charge in [-0.15, -0.1) is 4.91 Å². The number of amidine groups is 2. The summed E-state index contributed by atoms with van der Waals surface area (Å²) in [5, 5.41) is 15.2. The van der Waals surface area contributed by atoms with Crippen LogP contribution >= 0.6 is 0 Å². The molecule has 0 radical (unpaired) electrons. The average molecular weight is 258 g/mol. The molecule has 1 rings (SSSR count). The van der Waals surface area contributed by atoms with Gasteiger partial charge in [0.15, 0.2) is 0 Å². The average Bonchev–Trinajstić information content (AvgIpc) is 2.58. The van der Waals surface area contributed by atoms with Crippen LogP contribution in [0.4, 0.5) is 0 Å². The molecule has 0 amide bonds. The zero-order valence-corrected chi connectivity index (χ0v) is 10.7. The molecule has 0 spiro atoms. The van der Waals surface area contributed by atoms with E-state index < -0.39 is 0 Å². The number of aliphatic hydroxyl groups excluding tert-OH is 1. The summed E-state index contributed by atoms with van der Waals surface area (Å²) in [5.41, 5.74) is 0.655. The Bertz CT molecular complexity index is 560. The van der Waals surface area contributed by atoms with Crippen molar-refractivity contribution in [3.05, 3.63) is 40.2 Å². The zero-order chi connectivity index (χ0) is 14.3. The predicted octanol–water partition coefficient (Wildman–Crippen LogP) is 2.04. The van der Waals surface area contributed by atoms with Gasteiger partial charge in [0.05, 0.1) is 0 Å². The van der Waals surface area contributed by atoms with Crippen LogP contribution in [0, 0.1) is 17.4 Å². The Morgan fingerprint density at radius 2 is 2.32 bits per heavy atom. The summed E-state index contributed by atoms with van der Waals surface area (Å²) in [7, 11) is 1.69. The standard InChI is InChI=1S/C13H14N4O2/c1-4-15-9(2)16-13(14-3)10-6-5-7-12(18)11(8-10)17-19/h1,5,7-8,18H,6H2,2-3H3,(H,14,15,16). The fourth-order valence-electron chi connectivity index (χ4n) is 1.49. The number of hydrogen-bond donors (Lipinski definition) is 2. The number of allylic oxidation sites excluding steroid dienone is 3. The Balaban J connectivity index is 3.20. The highest BCUT2D eigenvalue weighted by Crippen LogP contribution is 2.17. The molecule has 0 fully saturated rings. The lowest BCUT2D eigenvalue weighted by Crippen LogP contribution is -2.22. The molecule has 2 N–H and O–H groups in total. The van der Waals surface area contributed by atoms with E-state index in [-0.39, 0.29) is 11.5 Å². The maximum absolute atomic E-state index is 10.6. The highest BCUT2D eigenvalue weighted by molar-refractivity contribution is 6.06. The van der Waals surface area contributed by atoms with Gasteiger partial charge in [-0.3, -0.25) is 0 Å². The molecule has 6 heteroatoms. The third-order valence-electron chi connectivity index (χ3n) is 2.33. The smallest absolute Gasteiger partial charge is 0.150 e. The number of likely N-dealkylation sites (N-methyl/N-ethyl adjacent to an activating group) is 1. The Labute approximate surface area is 111 Å². The summed E-state index contributed by atoms with van der Waals surface area (Å²) in [5.74, 6) is 0.751. The van der Waals surface area contributed by atoms with Crippen molar-refractivity contribution in [2.75, 3.05) is 7.05 Å². The molecule has 6 nitrogen and oxygen atoms in total. The van der Waals surface area contributed by atoms with E-state index in [2.05, 4.69) is 26.5 Å². The third-order valence-corrected chi connectivity index (χ3v) is 2.33. The van der Waals surface area contributed by atoms with Crippen molar-refractivity contribution >= 4 is 11.7 Å². The van der Waals surface area contributed by atoms with Crippen molar-refractivity contribution in [2.24, 2.45) is 15.2 Å². The van der Waals surface area contributed by atoms with Gasteiger partial charge in [0.25, 0.3) is 0 Å². The second-order valence-corrected chi connectivity index (χ2v) is 3.64. The molecular formula is C13H14N4O2. The van der Waals surface area contributed by atoms with Crippen molar-refractivity contribution in [2.45, 2.75) is 13.3 Å². The number of aliphatic hydroxyl groups is 1. The maximum atomic E-state index is 10.6. The Kier molecular flexibility index (Phi) is 5.23. The topological polar surface area (TPSA) is 86.4 Å². The molecule has 0 aromatic rings. The van der Waals surface area contributed by atoms with Crippen molar-refractivity contribution in [3.63, 3.8) is 0 Å². The second kappa shape index (κ2) is 6.91. The molecule has 0 heterocycles. The molecule has 0 saturated carbocycles. The Morgan fingerprint density at radius 3 is 2.89 bits per heavy atom. The third kappa shape index (κ3) is 3.92. The van der Waals surface area contributed by atoms with Gasteiger partial charge in [0, 0.05) is 18.7 Å². The van der Waals surface area contributed by atoms with Crippen molar-refractivity contribution in [3.8, 4) is 12.5 Å². The molecule has 0 aliphatic heterocycles. The maximum Gasteiger partial charge on any atom is 0.150 e. The monoisotopic (exact) mass is 258 g/mol. The van der Waals surface area contributed by atoms with Crippen LogP contribution in [0.1, 0.15) is 13.3 Å². The zero-order valence-electron chi connectivity index (χ0n) is 10.7. The fraction of sp³-hybridized carbons (Fsp3) is 0.231. The SMILES string of the molecule is C#C/N=C(C)\N=C(/NC)C1=CC(N=O)=C(O)C=CC1. The van der Waals surface area contributed by atoms with E-state index >= 15 is 0 Å². The number of hydrogen-bond acceptors (Lipinski definition) is 4. The molecule has 1 aliphatic carbocycles. The summed E-state index contributed by atoms with van der Waals surface area (Å²) in [4.78, 5) is 18.6. The number of terminal acetylenes is 1. The van der Waals surface area contributed by atoms with Crippen LogP contribution in [-0.4, -0.2) is 23.8 Å². The van der Waals surface area contributed by atoms with Gasteiger partial charge in [0.2, 0.25) is 0 Å². The minimum absolute atomic E-state index is 0.0433. The van der Waals surface area contributed by atoms with E-state index in [1.165, 1.54) is 12.2 Å². The summed E-state index contributed by atoms with van der Waals surface area (Å²) < 4.78 is 0. The number of aliphatic imine (C=N–C) groups is 2. The van der Waals surface area contributed by atoms with Gasteiger partial charge in [-0.05, 0) is 30.7 Å². The van der Waals surface area contributed by atoms with Crippen LogP contribution in [0.5, 0.6) is 0 Å². The summed E-state index contributed by atoms with van der Waals surface area (Å²) in [6.07, 6.45) is 10.2. The highest BCUT2D eigenvalue weighted by Gasteiger charge is 2.11. The lowest BCUT2D eigenvalue weighted by Gasteiger charge is -2.07. The molecule has 0 aromatic carbocycles. The van der Waals surface area contributed by atoms with Crippen LogP contribution in [-0.2, 0) is 0 Å². The number of nitroso groups, excluding NO2 is 1. The molecule has 0 aromatic heterocycles. The lowest BCUT2D eigenvalue weighted by molar-refractivity contribution is 0.427. The highest BCUT2D eigenvalue weighted by atomic mass is 16.3. The predicted molar refractivity (Wildman–Crippen MR) is 75.7 cm³/mol. The normalized spacial score (nSPS) is 16.6. The lowest BCUT2D eigenvalue weighted by atomic mass is 10.1. The molecule has 0 atom stereocenters. The molecule has 0 unspecified atom stereocenters. The quantitative estimate of drug-likeness (QED) is 0.344. The van der Waals surface area contributed by atoms with Crippen LogP contribution in [0.2, 0.25) is 0 Å². The molecule has 0 bridgehead atoms. The molecule has 1 aliphatic rings. The molecule has 0 saturated heterocycles. The number of nitrogens with zero attached hydrogens (tertiary/aromatic N) is 3. The van der Waals surface area contributed by atoms with Gasteiger partial charge in [-0.25, -0.2) is 4.99 Å². The van der Waals surface area contributed by atoms with Crippen LogP contribution in [0.25, 0.3) is 0 Å². The first-order valence-corrected chi connectivity index (χ1v) is 5.52. The first kappa shape index (κ1) is 14.4. The summed E-state index contributed by atoms with van der Waals surface area (Å²) in [6, 6.07) is 2.14. The fourth-order valence-corrected chi connectivity index (χ4v) is 1.49. The number of nitrogens with one attached hydrogen (secondary N) is 1. The van der Waals surface area contributed by atoms with E-state index in [1.807, 2.05) is 0 Å². The van der Waals surface area contributed by atoms with Crippen molar-refractivity contribution in [1.82, 2.24) is 5.32 Å². The summed E-state index contributed by atoms with van der Waals surface area (Å²) >= 11 is 0. The summed E-state index contributed by atoms with van der Waals surface area (Å²) in [6.45, 7) is 1.66. The van der Waals surface area contributed by atoms with Gasteiger partial charge in [-0.1, -0.05) is 12.5 Å². The van der Waals surface area contributed by atoms with Crippen molar-refractivity contribution < 1.29 is 5.11 Å². The van der Waals surface area contributed by atoms with Gasteiger partial charge >= 0.3 is 0 Å². The van der Waals surface area contributed by atoms with Gasteiger partial charge < -0.3 is 10.4 Å². The number of rotatable bonds is 2. The first-order chi connectivity index (χ1) is 9.12. The first-order valence-electron chi connectivity index (χ1n) is 5.52. The molecule has 98 valence electrons. The largest absolute Gasteiger partial charge is 0.506 e. The van der Waals surface area contributed by atoms with Crippen LogP contribution in [0.15, 0.2) is 50.4 Å². The van der Waals surface area contributed by atoms with Gasteiger partial charge in [0.1, 0.15) is 23.1 Å². The Morgan fingerprint density at radius 1 is 1.58 bits per heavy atom. The van der Waals surface area contributed by atoms with E-state index in [9.17, 15) is 10.0 Å². The van der Waals surface area contributed by atoms with Crippen LogP contribution < -0.4 is 5.32 Å². The van der Waals surface area contributed by atoms with E-state index in [4.69, 9.17) is 6.42 Å². The minimum atomic E-state index is -0.172. The molecule has 19 heavy (non-hydrogen) atoms. The van der Waals surface area contributed by atoms with Crippen molar-refractivity contribution in [1.29, 1.82) is 0 Å². The van der Waals surface area contributed by atoms with E-state index in [1.54, 1.807) is 20.0 Å². The Hall–Kier alpha value is -2.68. The van der Waals surface area contributed by atoms with Crippen LogP contribution in [0.3, 0.4) is 0 Å².